The first-order chi connectivity index (χ1) is 14.0. The second-order valence-electron chi connectivity index (χ2n) is 9.31. The SMILES string of the molecule is COc1ccccc1N1CCN(C[C@@H](O)CO[C@@H]2C[C@@H](C)CC[C@@H]2C(C)C)CC1. The Bertz CT molecular complexity index is 616. The molecule has 164 valence electrons. The molecule has 1 heterocycles. The van der Waals surface area contributed by atoms with Crippen molar-refractivity contribution in [3.8, 4) is 5.75 Å². The van der Waals surface area contributed by atoms with Crippen LogP contribution in [0.1, 0.15) is 40.0 Å². The van der Waals surface area contributed by atoms with Crippen molar-refractivity contribution in [2.24, 2.45) is 17.8 Å². The lowest BCUT2D eigenvalue weighted by Gasteiger charge is -2.39. The number of aliphatic hydroxyl groups excluding tert-OH is 1. The van der Waals surface area contributed by atoms with Crippen molar-refractivity contribution in [3.05, 3.63) is 24.3 Å². The molecular weight excluding hydrogens is 364 g/mol. The van der Waals surface area contributed by atoms with E-state index in [-0.39, 0.29) is 0 Å². The molecule has 1 aliphatic heterocycles. The number of anilines is 1. The van der Waals surface area contributed by atoms with Crippen molar-refractivity contribution in [3.63, 3.8) is 0 Å². The monoisotopic (exact) mass is 404 g/mol. The van der Waals surface area contributed by atoms with Crippen molar-refractivity contribution in [1.29, 1.82) is 0 Å². The summed E-state index contributed by atoms with van der Waals surface area (Å²) in [6.45, 7) is 11.9. The van der Waals surface area contributed by atoms with E-state index in [0.29, 0.717) is 31.1 Å². The van der Waals surface area contributed by atoms with Crippen molar-refractivity contribution >= 4 is 5.69 Å². The van der Waals surface area contributed by atoms with Crippen LogP contribution in [-0.4, -0.2) is 68.7 Å². The third-order valence-electron chi connectivity index (χ3n) is 6.73. The first-order valence-corrected chi connectivity index (χ1v) is 11.4. The minimum Gasteiger partial charge on any atom is -0.495 e. The third kappa shape index (κ3) is 6.09. The highest BCUT2D eigenvalue weighted by molar-refractivity contribution is 5.58. The number of hydrogen-bond donors (Lipinski definition) is 1. The fourth-order valence-electron chi connectivity index (χ4n) is 4.95. The largest absolute Gasteiger partial charge is 0.495 e. The highest BCUT2D eigenvalue weighted by Gasteiger charge is 2.32. The fraction of sp³-hybridized carbons (Fsp3) is 0.750. The molecule has 1 aromatic carbocycles. The van der Waals surface area contributed by atoms with Gasteiger partial charge >= 0.3 is 0 Å². The summed E-state index contributed by atoms with van der Waals surface area (Å²) >= 11 is 0. The predicted octanol–water partition coefficient (Wildman–Crippen LogP) is 3.66. The predicted molar refractivity (Wildman–Crippen MR) is 119 cm³/mol. The average molecular weight is 405 g/mol. The van der Waals surface area contributed by atoms with Gasteiger partial charge in [0.05, 0.1) is 31.6 Å². The van der Waals surface area contributed by atoms with Crippen LogP contribution in [0.15, 0.2) is 24.3 Å². The fourth-order valence-corrected chi connectivity index (χ4v) is 4.95. The van der Waals surface area contributed by atoms with Crippen LogP contribution in [0.4, 0.5) is 5.69 Å². The number of ether oxygens (including phenoxy) is 2. The summed E-state index contributed by atoms with van der Waals surface area (Å²) < 4.78 is 11.7. The van der Waals surface area contributed by atoms with E-state index in [4.69, 9.17) is 9.47 Å². The van der Waals surface area contributed by atoms with E-state index in [1.165, 1.54) is 12.8 Å². The lowest BCUT2D eigenvalue weighted by molar-refractivity contribution is -0.0740. The maximum absolute atomic E-state index is 10.6. The number of benzene rings is 1. The maximum atomic E-state index is 10.6. The van der Waals surface area contributed by atoms with Crippen molar-refractivity contribution < 1.29 is 14.6 Å². The number of aliphatic hydroxyl groups is 1. The number of rotatable bonds is 8. The summed E-state index contributed by atoms with van der Waals surface area (Å²) in [4.78, 5) is 4.72. The molecule has 3 rings (SSSR count). The number of para-hydroxylation sites is 2. The number of nitrogens with zero attached hydrogens (tertiary/aromatic N) is 2. The maximum Gasteiger partial charge on any atom is 0.142 e. The van der Waals surface area contributed by atoms with Crippen molar-refractivity contribution in [1.82, 2.24) is 4.90 Å². The van der Waals surface area contributed by atoms with Crippen LogP contribution in [-0.2, 0) is 4.74 Å². The molecule has 0 unspecified atom stereocenters. The molecule has 1 saturated heterocycles. The molecule has 0 radical (unpaired) electrons. The van der Waals surface area contributed by atoms with Gasteiger partial charge in [-0.1, -0.05) is 39.3 Å². The molecule has 1 aliphatic carbocycles. The summed E-state index contributed by atoms with van der Waals surface area (Å²) in [7, 11) is 1.72. The van der Waals surface area contributed by atoms with Crippen LogP contribution in [0.3, 0.4) is 0 Å². The van der Waals surface area contributed by atoms with E-state index in [1.807, 2.05) is 12.1 Å². The summed E-state index contributed by atoms with van der Waals surface area (Å²) in [6.07, 6.45) is 3.58. The van der Waals surface area contributed by atoms with Gasteiger partial charge in [-0.3, -0.25) is 4.90 Å². The van der Waals surface area contributed by atoms with Gasteiger partial charge in [0.1, 0.15) is 5.75 Å². The Hall–Kier alpha value is -1.30. The number of piperazine rings is 1. The van der Waals surface area contributed by atoms with E-state index in [0.717, 1.165) is 50.0 Å². The Morgan fingerprint density at radius 1 is 1.10 bits per heavy atom. The summed E-state index contributed by atoms with van der Waals surface area (Å²) in [5.74, 6) is 2.93. The zero-order chi connectivity index (χ0) is 20.8. The Kier molecular flexibility index (Phi) is 8.22. The van der Waals surface area contributed by atoms with Gasteiger partial charge in [0.2, 0.25) is 0 Å². The van der Waals surface area contributed by atoms with Crippen LogP contribution in [0, 0.1) is 17.8 Å². The van der Waals surface area contributed by atoms with Crippen molar-refractivity contribution in [2.75, 3.05) is 51.3 Å². The van der Waals surface area contributed by atoms with E-state index in [9.17, 15) is 5.11 Å². The molecule has 29 heavy (non-hydrogen) atoms. The summed E-state index contributed by atoms with van der Waals surface area (Å²) in [5, 5.41) is 10.6. The second-order valence-corrected chi connectivity index (χ2v) is 9.31. The van der Waals surface area contributed by atoms with Gasteiger partial charge in [-0.15, -0.1) is 0 Å². The average Bonchev–Trinajstić information content (AvgIpc) is 2.72. The normalized spacial score (nSPS) is 27.2. The van der Waals surface area contributed by atoms with Crippen LogP contribution >= 0.6 is 0 Å². The Balaban J connectivity index is 1.43. The summed E-state index contributed by atoms with van der Waals surface area (Å²) in [6, 6.07) is 8.19. The third-order valence-corrected chi connectivity index (χ3v) is 6.73. The second kappa shape index (κ2) is 10.6. The molecule has 0 aromatic heterocycles. The van der Waals surface area contributed by atoms with Crippen LogP contribution in [0.5, 0.6) is 5.75 Å². The molecule has 5 nitrogen and oxygen atoms in total. The molecule has 2 aliphatic rings. The van der Waals surface area contributed by atoms with E-state index >= 15 is 0 Å². The van der Waals surface area contributed by atoms with Gasteiger partial charge in [-0.25, -0.2) is 0 Å². The Morgan fingerprint density at radius 3 is 2.52 bits per heavy atom. The minimum atomic E-state index is -0.419. The molecule has 1 saturated carbocycles. The molecule has 1 N–H and O–H groups in total. The first-order valence-electron chi connectivity index (χ1n) is 11.4. The highest BCUT2D eigenvalue weighted by atomic mass is 16.5. The van der Waals surface area contributed by atoms with E-state index in [1.54, 1.807) is 7.11 Å². The van der Waals surface area contributed by atoms with Gasteiger partial charge in [0, 0.05) is 32.7 Å². The molecule has 0 spiro atoms. The lowest BCUT2D eigenvalue weighted by Crippen LogP contribution is -2.49. The smallest absolute Gasteiger partial charge is 0.142 e. The van der Waals surface area contributed by atoms with Gasteiger partial charge < -0.3 is 19.5 Å². The zero-order valence-corrected chi connectivity index (χ0v) is 18.7. The van der Waals surface area contributed by atoms with E-state index < -0.39 is 6.10 Å². The Labute approximate surface area is 177 Å². The molecule has 0 bridgehead atoms. The number of hydrogen-bond acceptors (Lipinski definition) is 5. The Morgan fingerprint density at radius 2 is 1.83 bits per heavy atom. The van der Waals surface area contributed by atoms with Gasteiger partial charge in [-0.2, -0.15) is 0 Å². The number of methoxy groups -OCH3 is 1. The standard InChI is InChI=1S/C24H40N2O3/c1-18(2)21-10-9-19(3)15-24(21)29-17-20(27)16-25-11-13-26(14-12-25)22-7-5-6-8-23(22)28-4/h5-8,18-21,24,27H,9-17H2,1-4H3/t19-,20+,21+,24+/m0/s1. The summed E-state index contributed by atoms with van der Waals surface area (Å²) in [5.41, 5.74) is 1.16. The van der Waals surface area contributed by atoms with Crippen LogP contribution < -0.4 is 9.64 Å². The first kappa shape index (κ1) is 22.4. The van der Waals surface area contributed by atoms with Crippen LogP contribution in [0.2, 0.25) is 0 Å². The number of β-amino-alcohol motifs (C(OH)–C–C–N with tert-alkyl or cyclic N) is 1. The highest BCUT2D eigenvalue weighted by Crippen LogP contribution is 2.35. The molecular formula is C24H40N2O3. The van der Waals surface area contributed by atoms with Gasteiger partial charge in [0.25, 0.3) is 0 Å². The minimum absolute atomic E-state index is 0.302. The van der Waals surface area contributed by atoms with Gasteiger partial charge in [0.15, 0.2) is 0 Å². The van der Waals surface area contributed by atoms with Gasteiger partial charge in [-0.05, 0) is 42.7 Å². The molecule has 4 atom stereocenters. The molecule has 1 aromatic rings. The zero-order valence-electron chi connectivity index (χ0n) is 18.7. The van der Waals surface area contributed by atoms with E-state index in [2.05, 4.69) is 42.7 Å². The lowest BCUT2D eigenvalue weighted by atomic mass is 9.75. The quantitative estimate of drug-likeness (QED) is 0.716. The molecule has 5 heteroatoms. The van der Waals surface area contributed by atoms with Crippen molar-refractivity contribution in [2.45, 2.75) is 52.2 Å². The molecule has 0 amide bonds. The topological polar surface area (TPSA) is 45.2 Å². The van der Waals surface area contributed by atoms with Crippen LogP contribution in [0.25, 0.3) is 0 Å². The molecule has 2 fully saturated rings.